The number of fused-ring (bicyclic) bond motifs is 2. The fourth-order valence-corrected chi connectivity index (χ4v) is 4.71. The molecule has 142 valence electrons. The van der Waals surface area contributed by atoms with Gasteiger partial charge in [0.25, 0.3) is 0 Å². The van der Waals surface area contributed by atoms with Crippen molar-refractivity contribution in [3.63, 3.8) is 0 Å². The fourth-order valence-electron chi connectivity index (χ4n) is 4.71. The quantitative estimate of drug-likeness (QED) is 0.834. The molecule has 2 aromatic carbocycles. The highest BCUT2D eigenvalue weighted by Gasteiger charge is 2.42. The molecule has 4 rings (SSSR count). The molecule has 0 aromatic heterocycles. The van der Waals surface area contributed by atoms with Gasteiger partial charge in [0.05, 0.1) is 7.11 Å². The molecule has 0 bridgehead atoms. The molecule has 2 aliphatic heterocycles. The van der Waals surface area contributed by atoms with Crippen LogP contribution in [0.1, 0.15) is 36.5 Å². The minimum Gasteiger partial charge on any atom is -0.497 e. The van der Waals surface area contributed by atoms with Crippen molar-refractivity contribution in [1.29, 1.82) is 0 Å². The van der Waals surface area contributed by atoms with Crippen molar-refractivity contribution < 1.29 is 9.53 Å². The molecule has 1 fully saturated rings. The molecule has 1 spiro atoms. The van der Waals surface area contributed by atoms with Gasteiger partial charge >= 0.3 is 0 Å². The SMILES string of the molecule is COc1cccc(CN2CCC3(CC2)CN(C(C)=O)Cc2ccccc23)c1. The molecule has 0 N–H and O–H groups in total. The highest BCUT2D eigenvalue weighted by molar-refractivity contribution is 5.74. The molecule has 0 aliphatic carbocycles. The zero-order chi connectivity index (χ0) is 18.9. The zero-order valence-corrected chi connectivity index (χ0v) is 16.3. The Morgan fingerprint density at radius 1 is 1.11 bits per heavy atom. The number of ether oxygens (including phenoxy) is 1. The second-order valence-corrected chi connectivity index (χ2v) is 7.94. The number of carbonyl (C=O) groups is 1. The van der Waals surface area contributed by atoms with E-state index in [4.69, 9.17) is 4.74 Å². The Hall–Kier alpha value is -2.33. The lowest BCUT2D eigenvalue weighted by Gasteiger charge is -2.48. The molecular weight excluding hydrogens is 336 g/mol. The highest BCUT2D eigenvalue weighted by Crippen LogP contribution is 2.42. The molecular formula is C23H28N2O2. The first-order valence-electron chi connectivity index (χ1n) is 9.79. The van der Waals surface area contributed by atoms with Gasteiger partial charge in [-0.1, -0.05) is 36.4 Å². The third-order valence-electron chi connectivity index (χ3n) is 6.24. The van der Waals surface area contributed by atoms with Crippen LogP contribution in [0.15, 0.2) is 48.5 Å². The lowest BCUT2D eigenvalue weighted by Crippen LogP contribution is -2.52. The monoisotopic (exact) mass is 364 g/mol. The van der Waals surface area contributed by atoms with Gasteiger partial charge in [0.15, 0.2) is 0 Å². The van der Waals surface area contributed by atoms with E-state index in [1.54, 1.807) is 14.0 Å². The zero-order valence-electron chi connectivity index (χ0n) is 16.3. The van der Waals surface area contributed by atoms with Crippen LogP contribution in [-0.2, 0) is 23.3 Å². The van der Waals surface area contributed by atoms with Crippen LogP contribution < -0.4 is 4.74 Å². The van der Waals surface area contributed by atoms with Crippen LogP contribution in [0.3, 0.4) is 0 Å². The summed E-state index contributed by atoms with van der Waals surface area (Å²) in [6.07, 6.45) is 2.19. The number of methoxy groups -OCH3 is 1. The van der Waals surface area contributed by atoms with Gasteiger partial charge < -0.3 is 9.64 Å². The largest absolute Gasteiger partial charge is 0.497 e. The van der Waals surface area contributed by atoms with Gasteiger partial charge in [-0.25, -0.2) is 0 Å². The normalized spacial score (nSPS) is 19.0. The maximum absolute atomic E-state index is 12.1. The van der Waals surface area contributed by atoms with E-state index in [1.165, 1.54) is 16.7 Å². The van der Waals surface area contributed by atoms with Crippen molar-refractivity contribution in [3.8, 4) is 5.75 Å². The Morgan fingerprint density at radius 2 is 1.89 bits per heavy atom. The van der Waals surface area contributed by atoms with Crippen LogP contribution in [0.25, 0.3) is 0 Å². The number of hydrogen-bond donors (Lipinski definition) is 0. The van der Waals surface area contributed by atoms with Crippen molar-refractivity contribution in [2.75, 3.05) is 26.7 Å². The van der Waals surface area contributed by atoms with E-state index in [-0.39, 0.29) is 11.3 Å². The molecule has 1 amide bonds. The minimum absolute atomic E-state index is 0.103. The van der Waals surface area contributed by atoms with Crippen LogP contribution >= 0.6 is 0 Å². The summed E-state index contributed by atoms with van der Waals surface area (Å²) in [6, 6.07) is 17.0. The molecule has 0 saturated carbocycles. The number of benzene rings is 2. The van der Waals surface area contributed by atoms with Gasteiger partial charge in [-0.2, -0.15) is 0 Å². The first-order valence-corrected chi connectivity index (χ1v) is 9.79. The van der Waals surface area contributed by atoms with Crippen LogP contribution in [0.4, 0.5) is 0 Å². The van der Waals surface area contributed by atoms with E-state index in [1.807, 2.05) is 11.0 Å². The highest BCUT2D eigenvalue weighted by atomic mass is 16.5. The molecule has 27 heavy (non-hydrogen) atoms. The predicted molar refractivity (Wildman–Crippen MR) is 107 cm³/mol. The second kappa shape index (κ2) is 7.35. The van der Waals surface area contributed by atoms with Crippen LogP contribution in [-0.4, -0.2) is 42.5 Å². The van der Waals surface area contributed by atoms with Crippen LogP contribution in [0, 0.1) is 0 Å². The van der Waals surface area contributed by atoms with E-state index in [0.29, 0.717) is 0 Å². The Bertz CT molecular complexity index is 825. The maximum atomic E-state index is 12.1. The Kier molecular flexibility index (Phi) is 4.92. The molecule has 0 unspecified atom stereocenters. The summed E-state index contributed by atoms with van der Waals surface area (Å²) in [5.74, 6) is 1.10. The van der Waals surface area contributed by atoms with Crippen LogP contribution in [0.2, 0.25) is 0 Å². The number of carbonyl (C=O) groups excluding carboxylic acids is 1. The summed E-state index contributed by atoms with van der Waals surface area (Å²) < 4.78 is 5.35. The molecule has 0 radical (unpaired) electrons. The van der Waals surface area contributed by atoms with E-state index >= 15 is 0 Å². The smallest absolute Gasteiger partial charge is 0.219 e. The molecule has 1 saturated heterocycles. The van der Waals surface area contributed by atoms with Crippen molar-refractivity contribution in [2.45, 2.75) is 38.3 Å². The number of likely N-dealkylation sites (tertiary alicyclic amines) is 1. The molecule has 4 heteroatoms. The van der Waals surface area contributed by atoms with E-state index < -0.39 is 0 Å². The first-order chi connectivity index (χ1) is 13.1. The third kappa shape index (κ3) is 3.59. The van der Waals surface area contributed by atoms with Crippen LogP contribution in [0.5, 0.6) is 5.75 Å². The summed E-state index contributed by atoms with van der Waals surface area (Å²) in [4.78, 5) is 16.7. The summed E-state index contributed by atoms with van der Waals surface area (Å²) in [5, 5.41) is 0. The van der Waals surface area contributed by atoms with Crippen molar-refractivity contribution in [3.05, 3.63) is 65.2 Å². The summed E-state index contributed by atoms with van der Waals surface area (Å²) >= 11 is 0. The lowest BCUT2D eigenvalue weighted by atomic mass is 9.69. The molecule has 2 aliphatic rings. The van der Waals surface area contributed by atoms with Gasteiger partial charge in [-0.15, -0.1) is 0 Å². The van der Waals surface area contributed by atoms with Crippen molar-refractivity contribution in [2.24, 2.45) is 0 Å². The summed E-state index contributed by atoms with van der Waals surface area (Å²) in [6.45, 7) is 6.35. The number of amides is 1. The van der Waals surface area contributed by atoms with Crippen molar-refractivity contribution >= 4 is 5.91 Å². The number of rotatable bonds is 3. The number of piperidine rings is 1. The molecule has 0 atom stereocenters. The summed E-state index contributed by atoms with van der Waals surface area (Å²) in [7, 11) is 1.71. The second-order valence-electron chi connectivity index (χ2n) is 7.94. The third-order valence-corrected chi connectivity index (χ3v) is 6.24. The minimum atomic E-state index is 0.103. The van der Waals surface area contributed by atoms with E-state index in [2.05, 4.69) is 47.4 Å². The standard InChI is InChI=1S/C23H28N2O2/c1-18(26)25-16-20-7-3-4-9-22(20)23(17-25)10-12-24(13-11-23)15-19-6-5-8-21(14-19)27-2/h3-9,14H,10-13,15-17H2,1-2H3. The summed E-state index contributed by atoms with van der Waals surface area (Å²) in [5.41, 5.74) is 4.18. The van der Waals surface area contributed by atoms with Gasteiger partial charge in [-0.3, -0.25) is 9.69 Å². The number of hydrogen-bond acceptors (Lipinski definition) is 3. The average molecular weight is 364 g/mol. The predicted octanol–water partition coefficient (Wildman–Crippen LogP) is 3.59. The van der Waals surface area contributed by atoms with Crippen molar-refractivity contribution in [1.82, 2.24) is 9.80 Å². The fraction of sp³-hybridized carbons (Fsp3) is 0.435. The van der Waals surface area contributed by atoms with Gasteiger partial charge in [0.1, 0.15) is 5.75 Å². The number of nitrogens with zero attached hydrogens (tertiary/aromatic N) is 2. The van der Waals surface area contributed by atoms with Gasteiger partial charge in [0, 0.05) is 32.0 Å². The Labute approximate surface area is 161 Å². The van der Waals surface area contributed by atoms with Gasteiger partial charge in [0.2, 0.25) is 5.91 Å². The topological polar surface area (TPSA) is 32.8 Å². The van der Waals surface area contributed by atoms with E-state index in [0.717, 1.165) is 51.3 Å². The maximum Gasteiger partial charge on any atom is 0.219 e. The molecule has 2 aromatic rings. The average Bonchev–Trinajstić information content (AvgIpc) is 2.70. The molecule has 2 heterocycles. The van der Waals surface area contributed by atoms with Gasteiger partial charge in [-0.05, 0) is 54.8 Å². The van der Waals surface area contributed by atoms with E-state index in [9.17, 15) is 4.79 Å². The molecule has 4 nitrogen and oxygen atoms in total. The lowest BCUT2D eigenvalue weighted by molar-refractivity contribution is -0.131. The Balaban J connectivity index is 1.51. The Morgan fingerprint density at radius 3 is 2.63 bits per heavy atom. The first kappa shape index (κ1) is 18.1.